The Bertz CT molecular complexity index is 860. The topological polar surface area (TPSA) is 35.0 Å². The molecule has 0 N–H and O–H groups in total. The zero-order valence-electron chi connectivity index (χ0n) is 14.0. The molecule has 4 heteroatoms. The van der Waals surface area contributed by atoms with Crippen LogP contribution in [0.25, 0.3) is 11.4 Å². The van der Waals surface area contributed by atoms with Crippen LogP contribution in [-0.2, 0) is 6.61 Å². The van der Waals surface area contributed by atoms with Crippen molar-refractivity contribution in [1.82, 2.24) is 9.97 Å². The van der Waals surface area contributed by atoms with Crippen LogP contribution in [0.3, 0.4) is 0 Å². The summed E-state index contributed by atoms with van der Waals surface area (Å²) in [6, 6.07) is 15.8. The molecule has 24 heavy (non-hydrogen) atoms. The predicted molar refractivity (Wildman–Crippen MR) is 97.5 cm³/mol. The lowest BCUT2D eigenvalue weighted by atomic mass is 10.1. The summed E-state index contributed by atoms with van der Waals surface area (Å²) in [7, 11) is 0. The summed E-state index contributed by atoms with van der Waals surface area (Å²) >= 11 is 6.07. The molecule has 0 aliphatic carbocycles. The van der Waals surface area contributed by atoms with Crippen molar-refractivity contribution in [1.29, 1.82) is 0 Å². The molecule has 0 radical (unpaired) electrons. The van der Waals surface area contributed by atoms with E-state index >= 15 is 0 Å². The quantitative estimate of drug-likeness (QED) is 0.647. The first kappa shape index (κ1) is 16.5. The number of rotatable bonds is 4. The van der Waals surface area contributed by atoms with Crippen molar-refractivity contribution in [3.05, 3.63) is 75.9 Å². The second-order valence-corrected chi connectivity index (χ2v) is 6.28. The van der Waals surface area contributed by atoms with Gasteiger partial charge in [0, 0.05) is 21.8 Å². The Labute approximate surface area is 147 Å². The van der Waals surface area contributed by atoms with Crippen molar-refractivity contribution >= 4 is 11.6 Å². The smallest absolute Gasteiger partial charge is 0.220 e. The highest BCUT2D eigenvalue weighted by Gasteiger charge is 2.11. The zero-order chi connectivity index (χ0) is 17.1. The van der Waals surface area contributed by atoms with Gasteiger partial charge < -0.3 is 4.74 Å². The summed E-state index contributed by atoms with van der Waals surface area (Å²) in [4.78, 5) is 9.15. The molecule has 0 saturated heterocycles. The normalized spacial score (nSPS) is 10.7. The van der Waals surface area contributed by atoms with E-state index in [2.05, 4.69) is 41.2 Å². The average molecular weight is 339 g/mol. The minimum atomic E-state index is 0.479. The van der Waals surface area contributed by atoms with E-state index in [1.54, 1.807) is 0 Å². The van der Waals surface area contributed by atoms with Gasteiger partial charge in [-0.3, -0.25) is 0 Å². The molecule has 1 aromatic heterocycles. The van der Waals surface area contributed by atoms with Gasteiger partial charge in [0.05, 0.1) is 0 Å². The fourth-order valence-corrected chi connectivity index (χ4v) is 2.53. The Kier molecular flexibility index (Phi) is 4.81. The van der Waals surface area contributed by atoms with Crippen molar-refractivity contribution in [2.24, 2.45) is 0 Å². The number of aryl methyl sites for hydroxylation is 2. The maximum absolute atomic E-state index is 6.07. The average Bonchev–Trinajstić information content (AvgIpc) is 2.57. The van der Waals surface area contributed by atoms with Gasteiger partial charge in [-0.15, -0.1) is 0 Å². The minimum absolute atomic E-state index is 0.479. The Morgan fingerprint density at radius 1 is 0.958 bits per heavy atom. The molecule has 0 unspecified atom stereocenters. The number of nitrogens with zero attached hydrogens (tertiary/aromatic N) is 2. The summed E-state index contributed by atoms with van der Waals surface area (Å²) in [5, 5.41) is 0.663. The molecule has 0 aliphatic heterocycles. The Hall–Kier alpha value is -2.39. The monoisotopic (exact) mass is 338 g/mol. The lowest BCUT2D eigenvalue weighted by Crippen LogP contribution is -2.04. The van der Waals surface area contributed by atoms with Gasteiger partial charge in [-0.25, -0.2) is 4.98 Å². The fraction of sp³-hybridized carbons (Fsp3) is 0.200. The van der Waals surface area contributed by atoms with Crippen LogP contribution in [0, 0.1) is 20.8 Å². The van der Waals surface area contributed by atoms with Crippen molar-refractivity contribution in [3.63, 3.8) is 0 Å². The first-order chi connectivity index (χ1) is 11.5. The summed E-state index contributed by atoms with van der Waals surface area (Å²) in [5.74, 6) is 1.23. The van der Waals surface area contributed by atoms with Gasteiger partial charge in [-0.1, -0.05) is 53.6 Å². The van der Waals surface area contributed by atoms with Crippen molar-refractivity contribution < 1.29 is 4.74 Å². The highest BCUT2D eigenvalue weighted by molar-refractivity contribution is 6.30. The van der Waals surface area contributed by atoms with Gasteiger partial charge in [0.25, 0.3) is 0 Å². The summed E-state index contributed by atoms with van der Waals surface area (Å²) in [6.45, 7) is 6.48. The van der Waals surface area contributed by atoms with Gasteiger partial charge in [-0.05, 0) is 38.5 Å². The van der Waals surface area contributed by atoms with E-state index in [1.165, 1.54) is 5.56 Å². The third-order valence-corrected chi connectivity index (χ3v) is 4.16. The molecule has 0 bridgehead atoms. The highest BCUT2D eigenvalue weighted by atomic mass is 35.5. The Morgan fingerprint density at radius 3 is 2.42 bits per heavy atom. The second kappa shape index (κ2) is 7.02. The predicted octanol–water partition coefficient (Wildman–Crippen LogP) is 5.30. The van der Waals surface area contributed by atoms with Gasteiger partial charge in [0.1, 0.15) is 6.61 Å². The number of hydrogen-bond acceptors (Lipinski definition) is 3. The number of ether oxygens (including phenoxy) is 1. The van der Waals surface area contributed by atoms with Crippen LogP contribution in [0.15, 0.2) is 48.5 Å². The number of hydrogen-bond donors (Lipinski definition) is 0. The molecular weight excluding hydrogens is 320 g/mol. The molecule has 1 heterocycles. The van der Waals surface area contributed by atoms with Crippen LogP contribution in [0.1, 0.15) is 22.4 Å². The van der Waals surface area contributed by atoms with Crippen LogP contribution < -0.4 is 4.74 Å². The van der Waals surface area contributed by atoms with E-state index in [-0.39, 0.29) is 0 Å². The molecule has 2 aromatic carbocycles. The standard InChI is InChI=1S/C20H19ClN2O/c1-13-7-9-16(10-8-13)12-24-20-14(2)15(3)22-19(23-20)17-5-4-6-18(21)11-17/h4-11H,12H2,1-3H3. The summed E-state index contributed by atoms with van der Waals surface area (Å²) < 4.78 is 5.95. The lowest BCUT2D eigenvalue weighted by molar-refractivity contribution is 0.291. The van der Waals surface area contributed by atoms with Crippen molar-refractivity contribution in [2.75, 3.05) is 0 Å². The van der Waals surface area contributed by atoms with E-state index in [1.807, 2.05) is 38.1 Å². The molecule has 0 amide bonds. The molecule has 0 fully saturated rings. The van der Waals surface area contributed by atoms with Gasteiger partial charge in [0.15, 0.2) is 5.82 Å². The molecule has 3 nitrogen and oxygen atoms in total. The first-order valence-corrected chi connectivity index (χ1v) is 8.20. The van der Waals surface area contributed by atoms with E-state index in [4.69, 9.17) is 16.3 Å². The Morgan fingerprint density at radius 2 is 1.71 bits per heavy atom. The van der Waals surface area contributed by atoms with E-state index in [0.29, 0.717) is 23.3 Å². The molecule has 0 saturated carbocycles. The lowest BCUT2D eigenvalue weighted by Gasteiger charge is -2.12. The van der Waals surface area contributed by atoms with Crippen LogP contribution in [-0.4, -0.2) is 9.97 Å². The molecule has 3 aromatic rings. The number of benzene rings is 2. The third kappa shape index (κ3) is 3.74. The van der Waals surface area contributed by atoms with Crippen molar-refractivity contribution in [2.45, 2.75) is 27.4 Å². The van der Waals surface area contributed by atoms with Gasteiger partial charge in [0.2, 0.25) is 5.88 Å². The van der Waals surface area contributed by atoms with Crippen LogP contribution in [0.4, 0.5) is 0 Å². The number of halogens is 1. The largest absolute Gasteiger partial charge is 0.473 e. The van der Waals surface area contributed by atoms with Crippen LogP contribution in [0.2, 0.25) is 5.02 Å². The second-order valence-electron chi connectivity index (χ2n) is 5.85. The first-order valence-electron chi connectivity index (χ1n) is 7.82. The maximum atomic E-state index is 6.07. The molecule has 0 spiro atoms. The van der Waals surface area contributed by atoms with Gasteiger partial charge >= 0.3 is 0 Å². The highest BCUT2D eigenvalue weighted by Crippen LogP contribution is 2.25. The molecular formula is C20H19ClN2O. The fourth-order valence-electron chi connectivity index (χ4n) is 2.34. The number of aromatic nitrogens is 2. The van der Waals surface area contributed by atoms with Crippen LogP contribution in [0.5, 0.6) is 5.88 Å². The van der Waals surface area contributed by atoms with E-state index in [0.717, 1.165) is 22.4 Å². The third-order valence-electron chi connectivity index (χ3n) is 3.92. The minimum Gasteiger partial charge on any atom is -0.473 e. The van der Waals surface area contributed by atoms with Gasteiger partial charge in [-0.2, -0.15) is 4.98 Å². The van der Waals surface area contributed by atoms with Crippen LogP contribution >= 0.6 is 11.6 Å². The van der Waals surface area contributed by atoms with Crippen molar-refractivity contribution in [3.8, 4) is 17.3 Å². The molecule has 3 rings (SSSR count). The summed E-state index contributed by atoms with van der Waals surface area (Å²) in [5.41, 5.74) is 5.08. The zero-order valence-corrected chi connectivity index (χ0v) is 14.8. The Balaban J connectivity index is 1.88. The van der Waals surface area contributed by atoms with E-state index < -0.39 is 0 Å². The van der Waals surface area contributed by atoms with E-state index in [9.17, 15) is 0 Å². The molecule has 0 atom stereocenters. The SMILES string of the molecule is Cc1ccc(COc2nc(-c3cccc(Cl)c3)nc(C)c2C)cc1. The molecule has 122 valence electrons. The summed E-state index contributed by atoms with van der Waals surface area (Å²) in [6.07, 6.45) is 0. The maximum Gasteiger partial charge on any atom is 0.220 e. The molecule has 0 aliphatic rings.